The molecule has 0 aliphatic carbocycles. The van der Waals surface area contributed by atoms with Crippen molar-refractivity contribution in [3.63, 3.8) is 0 Å². The highest BCUT2D eigenvalue weighted by Gasteiger charge is 2.09. The van der Waals surface area contributed by atoms with Crippen molar-refractivity contribution < 1.29 is 4.39 Å². The second-order valence-corrected chi connectivity index (χ2v) is 7.20. The van der Waals surface area contributed by atoms with Crippen molar-refractivity contribution >= 4 is 39.8 Å². The lowest BCUT2D eigenvalue weighted by molar-refractivity contribution is 0.627. The Morgan fingerprint density at radius 1 is 1.21 bits per heavy atom. The molecule has 0 fully saturated rings. The van der Waals surface area contributed by atoms with E-state index in [0.29, 0.717) is 26.1 Å². The summed E-state index contributed by atoms with van der Waals surface area (Å²) in [5.41, 5.74) is 1.12. The standard InChI is InChI=1S/C15H9ClFN5S2/c16-11-5-6-13(20-12(11)7-18)23-15-22-21-14(24-15)19-8-9-1-3-10(17)4-2-9/h1-6H,8H2,(H,19,21). The van der Waals surface area contributed by atoms with Gasteiger partial charge < -0.3 is 5.32 Å². The topological polar surface area (TPSA) is 74.5 Å². The second-order valence-electron chi connectivity index (χ2n) is 4.55. The Labute approximate surface area is 150 Å². The van der Waals surface area contributed by atoms with E-state index < -0.39 is 0 Å². The molecule has 0 spiro atoms. The molecular formula is C15H9ClFN5S2. The van der Waals surface area contributed by atoms with E-state index in [1.807, 2.05) is 6.07 Å². The van der Waals surface area contributed by atoms with Gasteiger partial charge in [-0.15, -0.1) is 10.2 Å². The number of rotatable bonds is 5. The Bertz CT molecular complexity index is 892. The molecule has 0 saturated heterocycles. The van der Waals surface area contributed by atoms with Crippen LogP contribution in [0.15, 0.2) is 45.8 Å². The Morgan fingerprint density at radius 3 is 2.75 bits per heavy atom. The first-order valence-electron chi connectivity index (χ1n) is 6.70. The first kappa shape index (κ1) is 16.6. The summed E-state index contributed by atoms with van der Waals surface area (Å²) in [7, 11) is 0. The maximum absolute atomic E-state index is 12.9. The van der Waals surface area contributed by atoms with Crippen LogP contribution in [0.5, 0.6) is 0 Å². The second kappa shape index (κ2) is 7.57. The van der Waals surface area contributed by atoms with Gasteiger partial charge in [0.1, 0.15) is 16.9 Å². The summed E-state index contributed by atoms with van der Waals surface area (Å²) in [6.45, 7) is 0.525. The highest BCUT2D eigenvalue weighted by atomic mass is 35.5. The van der Waals surface area contributed by atoms with E-state index in [-0.39, 0.29) is 11.5 Å². The number of pyridine rings is 1. The molecule has 0 unspecified atom stereocenters. The van der Waals surface area contributed by atoms with Crippen LogP contribution >= 0.6 is 34.7 Å². The summed E-state index contributed by atoms with van der Waals surface area (Å²) in [6.07, 6.45) is 0. The van der Waals surface area contributed by atoms with Crippen molar-refractivity contribution in [2.75, 3.05) is 5.32 Å². The molecule has 120 valence electrons. The van der Waals surface area contributed by atoms with Crippen molar-refractivity contribution in [3.05, 3.63) is 58.5 Å². The lowest BCUT2D eigenvalue weighted by atomic mass is 10.2. The van der Waals surface area contributed by atoms with Gasteiger partial charge in [0.15, 0.2) is 10.0 Å². The van der Waals surface area contributed by atoms with Gasteiger partial charge in [-0.3, -0.25) is 0 Å². The highest BCUT2D eigenvalue weighted by molar-refractivity contribution is 8.01. The summed E-state index contributed by atoms with van der Waals surface area (Å²) in [5.74, 6) is -0.263. The van der Waals surface area contributed by atoms with Crippen molar-refractivity contribution in [2.24, 2.45) is 0 Å². The van der Waals surface area contributed by atoms with Crippen LogP contribution in [0.25, 0.3) is 0 Å². The third-order valence-electron chi connectivity index (χ3n) is 2.88. The predicted molar refractivity (Wildman–Crippen MR) is 91.7 cm³/mol. The lowest BCUT2D eigenvalue weighted by Gasteiger charge is -2.01. The van der Waals surface area contributed by atoms with Crippen molar-refractivity contribution in [1.82, 2.24) is 15.2 Å². The smallest absolute Gasteiger partial charge is 0.206 e. The fraction of sp³-hybridized carbons (Fsp3) is 0.0667. The Balaban J connectivity index is 1.63. The van der Waals surface area contributed by atoms with E-state index in [4.69, 9.17) is 16.9 Å². The molecule has 0 atom stereocenters. The van der Waals surface area contributed by atoms with Crippen LogP contribution in [0.1, 0.15) is 11.3 Å². The normalized spacial score (nSPS) is 10.4. The molecule has 9 heteroatoms. The minimum atomic E-state index is -0.263. The predicted octanol–water partition coefficient (Wildman–Crippen LogP) is 4.36. The summed E-state index contributed by atoms with van der Waals surface area (Å²) in [6, 6.07) is 11.5. The molecule has 1 N–H and O–H groups in total. The van der Waals surface area contributed by atoms with Crippen LogP contribution in [-0.2, 0) is 6.54 Å². The third kappa shape index (κ3) is 4.20. The summed E-state index contributed by atoms with van der Waals surface area (Å²) in [5, 5.41) is 21.8. The van der Waals surface area contributed by atoms with Gasteiger partial charge in [0.05, 0.1) is 5.02 Å². The zero-order chi connectivity index (χ0) is 16.9. The highest BCUT2D eigenvalue weighted by Crippen LogP contribution is 2.31. The molecular weight excluding hydrogens is 369 g/mol. The average molecular weight is 378 g/mol. The van der Waals surface area contributed by atoms with Gasteiger partial charge >= 0.3 is 0 Å². The number of benzene rings is 1. The molecule has 0 aliphatic rings. The molecule has 2 aromatic heterocycles. The van der Waals surface area contributed by atoms with Crippen LogP contribution in [-0.4, -0.2) is 15.2 Å². The number of nitriles is 1. The molecule has 3 aromatic rings. The molecule has 1 aromatic carbocycles. The zero-order valence-corrected chi connectivity index (χ0v) is 14.4. The molecule has 2 heterocycles. The van der Waals surface area contributed by atoms with E-state index in [9.17, 15) is 4.39 Å². The van der Waals surface area contributed by atoms with Crippen molar-refractivity contribution in [2.45, 2.75) is 15.9 Å². The average Bonchev–Trinajstić information content (AvgIpc) is 3.03. The molecule has 5 nitrogen and oxygen atoms in total. The van der Waals surface area contributed by atoms with Gasteiger partial charge in [0, 0.05) is 6.54 Å². The van der Waals surface area contributed by atoms with Crippen molar-refractivity contribution in [3.8, 4) is 6.07 Å². The summed E-state index contributed by atoms with van der Waals surface area (Å²) < 4.78 is 13.6. The third-order valence-corrected chi connectivity index (χ3v) is 5.06. The summed E-state index contributed by atoms with van der Waals surface area (Å²) in [4.78, 5) is 4.15. The zero-order valence-electron chi connectivity index (χ0n) is 12.0. The van der Waals surface area contributed by atoms with Gasteiger partial charge in [-0.1, -0.05) is 35.1 Å². The number of hydrogen-bond donors (Lipinski definition) is 1. The number of hydrogen-bond acceptors (Lipinski definition) is 7. The Kier molecular flexibility index (Phi) is 5.25. The molecule has 0 saturated carbocycles. The van der Waals surface area contributed by atoms with E-state index in [1.165, 1.54) is 35.2 Å². The van der Waals surface area contributed by atoms with Gasteiger partial charge in [-0.05, 0) is 41.6 Å². The van der Waals surface area contributed by atoms with Gasteiger partial charge in [-0.25, -0.2) is 9.37 Å². The first-order chi connectivity index (χ1) is 11.6. The minimum Gasteiger partial charge on any atom is -0.356 e. The fourth-order valence-corrected chi connectivity index (χ4v) is 3.57. The maximum atomic E-state index is 12.9. The molecule has 0 bridgehead atoms. The SMILES string of the molecule is N#Cc1nc(Sc2nnc(NCc3ccc(F)cc3)s2)ccc1Cl. The number of nitrogens with one attached hydrogen (secondary N) is 1. The van der Waals surface area contributed by atoms with Gasteiger partial charge in [0.25, 0.3) is 0 Å². The monoisotopic (exact) mass is 377 g/mol. The van der Waals surface area contributed by atoms with E-state index in [1.54, 1.807) is 24.3 Å². The fourth-order valence-electron chi connectivity index (χ4n) is 1.75. The molecule has 0 radical (unpaired) electrons. The number of nitrogens with zero attached hydrogens (tertiary/aromatic N) is 4. The molecule has 24 heavy (non-hydrogen) atoms. The van der Waals surface area contributed by atoms with Crippen molar-refractivity contribution in [1.29, 1.82) is 5.26 Å². The lowest BCUT2D eigenvalue weighted by Crippen LogP contribution is -1.98. The summed E-state index contributed by atoms with van der Waals surface area (Å²) >= 11 is 8.53. The van der Waals surface area contributed by atoms with Gasteiger partial charge in [0.2, 0.25) is 5.13 Å². The first-order valence-corrected chi connectivity index (χ1v) is 8.71. The molecule has 0 aliphatic heterocycles. The Hall–Kier alpha value is -2.21. The quantitative estimate of drug-likeness (QED) is 0.712. The Morgan fingerprint density at radius 2 is 2.00 bits per heavy atom. The minimum absolute atomic E-state index is 0.181. The number of aromatic nitrogens is 3. The van der Waals surface area contributed by atoms with Crippen LogP contribution in [0.4, 0.5) is 9.52 Å². The van der Waals surface area contributed by atoms with E-state index in [2.05, 4.69) is 20.5 Å². The maximum Gasteiger partial charge on any atom is 0.206 e. The number of anilines is 1. The van der Waals surface area contributed by atoms with Crippen LogP contribution in [0.3, 0.4) is 0 Å². The van der Waals surface area contributed by atoms with Crippen LogP contribution in [0.2, 0.25) is 5.02 Å². The van der Waals surface area contributed by atoms with Crippen LogP contribution < -0.4 is 5.32 Å². The van der Waals surface area contributed by atoms with Gasteiger partial charge in [-0.2, -0.15) is 5.26 Å². The van der Waals surface area contributed by atoms with E-state index in [0.717, 1.165) is 5.56 Å². The number of halogens is 2. The molecule has 0 amide bonds. The van der Waals surface area contributed by atoms with E-state index >= 15 is 0 Å². The molecule has 3 rings (SSSR count). The van der Waals surface area contributed by atoms with Crippen LogP contribution in [0, 0.1) is 17.1 Å². The largest absolute Gasteiger partial charge is 0.356 e.